The Balaban J connectivity index is 1.61. The number of benzene rings is 1. The van der Waals surface area contributed by atoms with E-state index in [1.54, 1.807) is 12.1 Å². The SMILES string of the molecule is NS(=O)(=O)c1ccc(CCNC(=O)C(=O)NCCCN2CCOCC2)cc1. The summed E-state index contributed by atoms with van der Waals surface area (Å²) in [6, 6.07) is 6.07. The molecule has 1 heterocycles. The van der Waals surface area contributed by atoms with E-state index in [1.165, 1.54) is 12.1 Å². The number of nitrogens with one attached hydrogen (secondary N) is 2. The van der Waals surface area contributed by atoms with Gasteiger partial charge in [0.05, 0.1) is 18.1 Å². The molecule has 27 heavy (non-hydrogen) atoms. The van der Waals surface area contributed by atoms with Crippen LogP contribution in [0.15, 0.2) is 29.2 Å². The molecule has 0 atom stereocenters. The van der Waals surface area contributed by atoms with Crippen LogP contribution in [-0.2, 0) is 30.8 Å². The fourth-order valence-corrected chi connectivity index (χ4v) is 3.17. The van der Waals surface area contributed by atoms with E-state index in [0.717, 1.165) is 44.8 Å². The minimum atomic E-state index is -3.72. The highest BCUT2D eigenvalue weighted by Crippen LogP contribution is 2.08. The molecule has 10 heteroatoms. The smallest absolute Gasteiger partial charge is 0.309 e. The van der Waals surface area contributed by atoms with Crippen LogP contribution < -0.4 is 15.8 Å². The van der Waals surface area contributed by atoms with Crippen molar-refractivity contribution in [3.63, 3.8) is 0 Å². The first-order valence-electron chi connectivity index (χ1n) is 8.84. The van der Waals surface area contributed by atoms with Crippen molar-refractivity contribution in [2.24, 2.45) is 5.14 Å². The summed E-state index contributed by atoms with van der Waals surface area (Å²) in [5, 5.41) is 10.2. The molecular weight excluding hydrogens is 372 g/mol. The van der Waals surface area contributed by atoms with Gasteiger partial charge in [-0.25, -0.2) is 13.6 Å². The molecule has 1 aromatic rings. The van der Waals surface area contributed by atoms with Gasteiger partial charge >= 0.3 is 11.8 Å². The topological polar surface area (TPSA) is 131 Å². The van der Waals surface area contributed by atoms with Crippen LogP contribution >= 0.6 is 0 Å². The molecule has 1 fully saturated rings. The summed E-state index contributed by atoms with van der Waals surface area (Å²) in [4.78, 5) is 25.8. The highest BCUT2D eigenvalue weighted by atomic mass is 32.2. The van der Waals surface area contributed by atoms with Gasteiger partial charge in [-0.05, 0) is 37.1 Å². The van der Waals surface area contributed by atoms with Crippen molar-refractivity contribution in [1.29, 1.82) is 0 Å². The summed E-state index contributed by atoms with van der Waals surface area (Å²) in [5.74, 6) is -1.33. The predicted octanol–water partition coefficient (Wildman–Crippen LogP) is -1.17. The average molecular weight is 398 g/mol. The van der Waals surface area contributed by atoms with E-state index in [-0.39, 0.29) is 11.4 Å². The summed E-state index contributed by atoms with van der Waals surface area (Å²) >= 11 is 0. The number of primary sulfonamides is 1. The highest BCUT2D eigenvalue weighted by Gasteiger charge is 2.13. The summed E-state index contributed by atoms with van der Waals surface area (Å²) in [6.45, 7) is 4.84. The van der Waals surface area contributed by atoms with Crippen LogP contribution in [0.4, 0.5) is 0 Å². The Morgan fingerprint density at radius 2 is 1.63 bits per heavy atom. The number of carbonyl (C=O) groups excluding carboxylic acids is 2. The van der Waals surface area contributed by atoms with Crippen molar-refractivity contribution in [3.8, 4) is 0 Å². The van der Waals surface area contributed by atoms with Crippen molar-refractivity contribution in [1.82, 2.24) is 15.5 Å². The molecule has 0 saturated carbocycles. The van der Waals surface area contributed by atoms with Crippen LogP contribution in [-0.4, -0.2) is 71.1 Å². The molecule has 0 unspecified atom stereocenters. The van der Waals surface area contributed by atoms with Gasteiger partial charge in [0, 0.05) is 26.2 Å². The third-order valence-electron chi connectivity index (χ3n) is 4.20. The van der Waals surface area contributed by atoms with E-state index in [9.17, 15) is 18.0 Å². The third kappa shape index (κ3) is 7.63. The van der Waals surface area contributed by atoms with Gasteiger partial charge in [-0.3, -0.25) is 14.5 Å². The summed E-state index contributed by atoms with van der Waals surface area (Å²) < 4.78 is 27.6. The minimum Gasteiger partial charge on any atom is -0.379 e. The van der Waals surface area contributed by atoms with Crippen molar-refractivity contribution in [2.45, 2.75) is 17.7 Å². The molecule has 2 amide bonds. The van der Waals surface area contributed by atoms with Gasteiger partial charge < -0.3 is 15.4 Å². The zero-order chi connectivity index (χ0) is 19.7. The Morgan fingerprint density at radius 3 is 2.22 bits per heavy atom. The average Bonchev–Trinajstić information content (AvgIpc) is 2.65. The van der Waals surface area contributed by atoms with Crippen LogP contribution in [0.2, 0.25) is 0 Å². The first kappa shape index (κ1) is 21.3. The second-order valence-electron chi connectivity index (χ2n) is 6.26. The normalized spacial score (nSPS) is 15.3. The summed E-state index contributed by atoms with van der Waals surface area (Å²) in [5.41, 5.74) is 0.827. The van der Waals surface area contributed by atoms with Crippen LogP contribution in [0.25, 0.3) is 0 Å². The van der Waals surface area contributed by atoms with E-state index in [4.69, 9.17) is 9.88 Å². The maximum Gasteiger partial charge on any atom is 0.309 e. The largest absolute Gasteiger partial charge is 0.379 e. The summed E-state index contributed by atoms with van der Waals surface area (Å²) in [6.07, 6.45) is 1.25. The fourth-order valence-electron chi connectivity index (χ4n) is 2.66. The fraction of sp³-hybridized carbons (Fsp3) is 0.529. The number of amides is 2. The van der Waals surface area contributed by atoms with E-state index < -0.39 is 21.8 Å². The molecule has 0 bridgehead atoms. The van der Waals surface area contributed by atoms with Crippen molar-refractivity contribution >= 4 is 21.8 Å². The van der Waals surface area contributed by atoms with Gasteiger partial charge in [0.25, 0.3) is 0 Å². The standard InChI is InChI=1S/C17H26N4O5S/c18-27(24,25)15-4-2-14(3-5-15)6-8-20-17(23)16(22)19-7-1-9-21-10-12-26-13-11-21/h2-5H,1,6-13H2,(H,19,22)(H,20,23)(H2,18,24,25). The van der Waals surface area contributed by atoms with Crippen molar-refractivity contribution in [2.75, 3.05) is 45.9 Å². The number of carbonyl (C=O) groups is 2. The first-order chi connectivity index (χ1) is 12.9. The van der Waals surface area contributed by atoms with Gasteiger partial charge in [0.1, 0.15) is 0 Å². The molecule has 150 valence electrons. The lowest BCUT2D eigenvalue weighted by atomic mass is 10.1. The van der Waals surface area contributed by atoms with Gasteiger partial charge in [0.15, 0.2) is 0 Å². The number of rotatable bonds is 8. The Hall–Kier alpha value is -2.01. The maximum absolute atomic E-state index is 11.8. The molecule has 0 spiro atoms. The van der Waals surface area contributed by atoms with Crippen molar-refractivity contribution < 1.29 is 22.7 Å². The molecule has 2 rings (SSSR count). The number of ether oxygens (including phenoxy) is 1. The van der Waals surface area contributed by atoms with Gasteiger partial charge in [-0.2, -0.15) is 0 Å². The van der Waals surface area contributed by atoms with E-state index in [0.29, 0.717) is 13.0 Å². The maximum atomic E-state index is 11.8. The number of hydrogen-bond donors (Lipinski definition) is 3. The second kappa shape index (κ2) is 10.4. The molecule has 4 N–H and O–H groups in total. The van der Waals surface area contributed by atoms with Crippen molar-refractivity contribution in [3.05, 3.63) is 29.8 Å². The lowest BCUT2D eigenvalue weighted by molar-refractivity contribution is -0.139. The molecule has 0 radical (unpaired) electrons. The predicted molar refractivity (Wildman–Crippen MR) is 99.4 cm³/mol. The van der Waals surface area contributed by atoms with E-state index in [2.05, 4.69) is 15.5 Å². The number of sulfonamides is 1. The first-order valence-corrected chi connectivity index (χ1v) is 10.4. The zero-order valence-electron chi connectivity index (χ0n) is 15.1. The van der Waals surface area contributed by atoms with Crippen LogP contribution in [0.5, 0.6) is 0 Å². The second-order valence-corrected chi connectivity index (χ2v) is 7.82. The molecule has 0 aromatic heterocycles. The van der Waals surface area contributed by atoms with Gasteiger partial charge in [-0.1, -0.05) is 12.1 Å². The van der Waals surface area contributed by atoms with Gasteiger partial charge in [-0.15, -0.1) is 0 Å². The lowest BCUT2D eigenvalue weighted by Gasteiger charge is -2.26. The Kier molecular flexibility index (Phi) is 8.17. The molecule has 1 aromatic carbocycles. The minimum absolute atomic E-state index is 0.0340. The number of nitrogens with zero attached hydrogens (tertiary/aromatic N) is 1. The van der Waals surface area contributed by atoms with E-state index >= 15 is 0 Å². The van der Waals surface area contributed by atoms with Crippen LogP contribution in [0, 0.1) is 0 Å². The van der Waals surface area contributed by atoms with E-state index in [1.807, 2.05) is 0 Å². The Bertz CT molecular complexity index is 730. The highest BCUT2D eigenvalue weighted by molar-refractivity contribution is 7.89. The quantitative estimate of drug-likeness (QED) is 0.374. The molecule has 1 saturated heterocycles. The zero-order valence-corrected chi connectivity index (χ0v) is 16.0. The monoisotopic (exact) mass is 398 g/mol. The summed E-state index contributed by atoms with van der Waals surface area (Å²) in [7, 11) is -3.72. The van der Waals surface area contributed by atoms with Gasteiger partial charge in [0.2, 0.25) is 10.0 Å². The molecule has 9 nitrogen and oxygen atoms in total. The number of morpholine rings is 1. The Labute approximate surface area is 159 Å². The lowest BCUT2D eigenvalue weighted by Crippen LogP contribution is -2.42. The number of hydrogen-bond acceptors (Lipinski definition) is 6. The molecule has 0 aliphatic carbocycles. The number of nitrogens with two attached hydrogens (primary N) is 1. The molecular formula is C17H26N4O5S. The van der Waals surface area contributed by atoms with Crippen LogP contribution in [0.1, 0.15) is 12.0 Å². The third-order valence-corrected chi connectivity index (χ3v) is 5.13. The molecule has 1 aliphatic rings. The van der Waals surface area contributed by atoms with Crippen LogP contribution in [0.3, 0.4) is 0 Å². The Morgan fingerprint density at radius 1 is 1.04 bits per heavy atom. The molecule has 1 aliphatic heterocycles.